The van der Waals surface area contributed by atoms with Gasteiger partial charge in [-0.05, 0) is 52.4 Å². The van der Waals surface area contributed by atoms with Gasteiger partial charge in [0.1, 0.15) is 17.7 Å². The van der Waals surface area contributed by atoms with E-state index in [4.69, 9.17) is 9.47 Å². The molecule has 7 heteroatoms. The molecule has 0 saturated carbocycles. The summed E-state index contributed by atoms with van der Waals surface area (Å²) in [6.45, 7) is 7.40. The van der Waals surface area contributed by atoms with Gasteiger partial charge < -0.3 is 19.7 Å². The summed E-state index contributed by atoms with van der Waals surface area (Å²) in [4.78, 5) is 38.6. The van der Waals surface area contributed by atoms with E-state index in [1.807, 2.05) is 0 Å². The van der Waals surface area contributed by atoms with Crippen LogP contribution in [-0.4, -0.2) is 53.7 Å². The van der Waals surface area contributed by atoms with Crippen LogP contribution in [0.5, 0.6) is 0 Å². The van der Waals surface area contributed by atoms with Crippen molar-refractivity contribution in [3.8, 4) is 0 Å². The van der Waals surface area contributed by atoms with E-state index < -0.39 is 29.7 Å². The number of ether oxygens (including phenoxy) is 2. The van der Waals surface area contributed by atoms with Crippen molar-refractivity contribution in [3.63, 3.8) is 0 Å². The molecule has 2 fully saturated rings. The average Bonchev–Trinajstić information content (AvgIpc) is 2.48. The number of piperidine rings is 2. The molecule has 2 amide bonds. The Hall–Kier alpha value is -1.79. The van der Waals surface area contributed by atoms with E-state index in [2.05, 4.69) is 12.2 Å². The fourth-order valence-electron chi connectivity index (χ4n) is 3.59. The minimum absolute atomic E-state index is 0.0204. The molecule has 7 nitrogen and oxygen atoms in total. The average molecular weight is 340 g/mol. The molecule has 0 aliphatic carbocycles. The van der Waals surface area contributed by atoms with Crippen molar-refractivity contribution in [1.82, 2.24) is 10.2 Å². The Bertz CT molecular complexity index is 514. The third-order valence-corrected chi connectivity index (χ3v) is 4.71. The van der Waals surface area contributed by atoms with Gasteiger partial charge >= 0.3 is 12.1 Å². The second kappa shape index (κ2) is 6.99. The smallest absolute Gasteiger partial charge is 0.408 e. The van der Waals surface area contributed by atoms with Crippen molar-refractivity contribution < 1.29 is 23.9 Å². The number of nitrogens with one attached hydrogen (secondary N) is 1. The van der Waals surface area contributed by atoms with Crippen LogP contribution in [0.4, 0.5) is 4.79 Å². The van der Waals surface area contributed by atoms with Gasteiger partial charge in [0, 0.05) is 6.04 Å². The van der Waals surface area contributed by atoms with Crippen LogP contribution >= 0.6 is 0 Å². The van der Waals surface area contributed by atoms with E-state index in [9.17, 15) is 14.4 Å². The monoisotopic (exact) mass is 340 g/mol. The summed E-state index contributed by atoms with van der Waals surface area (Å²) in [6.07, 6.45) is 2.17. The number of carbonyl (C=O) groups is 3. The molecule has 0 aromatic carbocycles. The Labute approximate surface area is 143 Å². The van der Waals surface area contributed by atoms with Crippen molar-refractivity contribution in [2.75, 3.05) is 7.11 Å². The maximum atomic E-state index is 12.9. The molecule has 0 bridgehead atoms. The van der Waals surface area contributed by atoms with Crippen molar-refractivity contribution in [2.24, 2.45) is 5.92 Å². The Balaban J connectivity index is 2.12. The third-order valence-electron chi connectivity index (χ3n) is 4.71. The van der Waals surface area contributed by atoms with Crippen molar-refractivity contribution in [3.05, 3.63) is 0 Å². The van der Waals surface area contributed by atoms with Crippen LogP contribution in [0.3, 0.4) is 0 Å². The predicted molar refractivity (Wildman–Crippen MR) is 87.2 cm³/mol. The zero-order valence-corrected chi connectivity index (χ0v) is 15.1. The molecule has 0 spiro atoms. The Morgan fingerprint density at radius 1 is 1.17 bits per heavy atom. The summed E-state index contributed by atoms with van der Waals surface area (Å²) in [7, 11) is 1.33. The molecule has 1 N–H and O–H groups in total. The standard InChI is InChI=1S/C17H28N2O5/c1-10-6-8-13(15(21)23-5)19-12(10)9-7-11(14(19)20)18-16(22)24-17(2,3)4/h10-13H,6-9H2,1-5H3,(H,18,22)/t10-,11+,12+,13+/m1/s1. The van der Waals surface area contributed by atoms with E-state index in [-0.39, 0.29) is 11.9 Å². The zero-order chi connectivity index (χ0) is 18.1. The van der Waals surface area contributed by atoms with Gasteiger partial charge in [0.05, 0.1) is 7.11 Å². The number of methoxy groups -OCH3 is 1. The fourth-order valence-corrected chi connectivity index (χ4v) is 3.59. The molecule has 4 atom stereocenters. The van der Waals surface area contributed by atoms with Gasteiger partial charge in [-0.2, -0.15) is 0 Å². The molecule has 0 aromatic heterocycles. The Kier molecular flexibility index (Phi) is 5.40. The molecule has 2 aliphatic rings. The largest absolute Gasteiger partial charge is 0.467 e. The topological polar surface area (TPSA) is 84.9 Å². The molecular formula is C17H28N2O5. The van der Waals surface area contributed by atoms with Gasteiger partial charge in [-0.15, -0.1) is 0 Å². The zero-order valence-electron chi connectivity index (χ0n) is 15.1. The number of hydrogen-bond donors (Lipinski definition) is 1. The first-order valence-electron chi connectivity index (χ1n) is 8.53. The summed E-state index contributed by atoms with van der Waals surface area (Å²) in [5.41, 5.74) is -0.626. The SMILES string of the molecule is COC(=O)[C@@H]1CC[C@@H](C)[C@@H]2CC[C@H](NC(=O)OC(C)(C)C)C(=O)N12. The van der Waals surface area contributed by atoms with Crippen molar-refractivity contribution in [1.29, 1.82) is 0 Å². The molecule has 24 heavy (non-hydrogen) atoms. The number of nitrogens with zero attached hydrogens (tertiary/aromatic N) is 1. The second-order valence-corrected chi connectivity index (χ2v) is 7.68. The normalized spacial score (nSPS) is 30.4. The van der Waals surface area contributed by atoms with Crippen LogP contribution in [-0.2, 0) is 19.1 Å². The first-order chi connectivity index (χ1) is 11.1. The molecule has 136 valence electrons. The summed E-state index contributed by atoms with van der Waals surface area (Å²) in [5.74, 6) is -0.283. The van der Waals surface area contributed by atoms with Gasteiger partial charge in [-0.1, -0.05) is 6.92 Å². The third kappa shape index (κ3) is 3.99. The van der Waals surface area contributed by atoms with E-state index in [0.717, 1.165) is 12.8 Å². The summed E-state index contributed by atoms with van der Waals surface area (Å²) in [5, 5.41) is 2.65. The fraction of sp³-hybridized carbons (Fsp3) is 0.824. The molecule has 2 heterocycles. The van der Waals surface area contributed by atoms with Gasteiger partial charge in [-0.3, -0.25) is 4.79 Å². The van der Waals surface area contributed by atoms with Crippen molar-refractivity contribution >= 4 is 18.0 Å². The Morgan fingerprint density at radius 2 is 1.83 bits per heavy atom. The number of rotatable bonds is 2. The van der Waals surface area contributed by atoms with E-state index in [1.165, 1.54) is 7.11 Å². The first-order valence-corrected chi connectivity index (χ1v) is 8.53. The van der Waals surface area contributed by atoms with Gasteiger partial charge in [-0.25, -0.2) is 9.59 Å². The maximum Gasteiger partial charge on any atom is 0.408 e. The van der Waals surface area contributed by atoms with Gasteiger partial charge in [0.15, 0.2) is 0 Å². The quantitative estimate of drug-likeness (QED) is 0.775. The predicted octanol–water partition coefficient (Wildman–Crippen LogP) is 1.84. The summed E-state index contributed by atoms with van der Waals surface area (Å²) in [6, 6.07) is -1.20. The molecule has 0 unspecified atom stereocenters. The first kappa shape index (κ1) is 18.5. The summed E-state index contributed by atoms with van der Waals surface area (Å²) < 4.78 is 10.1. The number of amides is 2. The van der Waals surface area contributed by atoms with E-state index in [1.54, 1.807) is 25.7 Å². The number of alkyl carbamates (subject to hydrolysis) is 1. The van der Waals surface area contributed by atoms with Gasteiger partial charge in [0.25, 0.3) is 0 Å². The summed E-state index contributed by atoms with van der Waals surface area (Å²) >= 11 is 0. The van der Waals surface area contributed by atoms with Crippen LogP contribution in [0.25, 0.3) is 0 Å². The number of carbonyl (C=O) groups excluding carboxylic acids is 3. The van der Waals surface area contributed by atoms with Crippen LogP contribution in [0.2, 0.25) is 0 Å². The van der Waals surface area contributed by atoms with Crippen LogP contribution < -0.4 is 5.32 Å². The van der Waals surface area contributed by atoms with E-state index >= 15 is 0 Å². The minimum Gasteiger partial charge on any atom is -0.467 e. The van der Waals surface area contributed by atoms with Crippen molar-refractivity contribution in [2.45, 2.75) is 77.1 Å². The molecule has 2 saturated heterocycles. The number of hydrogen-bond acceptors (Lipinski definition) is 5. The minimum atomic E-state index is -0.659. The van der Waals surface area contributed by atoms with Crippen LogP contribution in [0.15, 0.2) is 0 Å². The molecule has 0 aromatic rings. The van der Waals surface area contributed by atoms with Gasteiger partial charge in [0.2, 0.25) is 5.91 Å². The second-order valence-electron chi connectivity index (χ2n) is 7.68. The lowest BCUT2D eigenvalue weighted by Crippen LogP contribution is -2.64. The highest BCUT2D eigenvalue weighted by Gasteiger charge is 2.47. The molecule has 2 rings (SSSR count). The molecule has 0 radical (unpaired) electrons. The number of esters is 1. The van der Waals surface area contributed by atoms with Crippen LogP contribution in [0, 0.1) is 5.92 Å². The number of fused-ring (bicyclic) bond motifs is 1. The lowest BCUT2D eigenvalue weighted by Gasteiger charge is -2.48. The Morgan fingerprint density at radius 3 is 2.42 bits per heavy atom. The van der Waals surface area contributed by atoms with Crippen LogP contribution in [0.1, 0.15) is 53.4 Å². The maximum absolute atomic E-state index is 12.9. The van der Waals surface area contributed by atoms with E-state index in [0.29, 0.717) is 18.8 Å². The highest BCUT2D eigenvalue weighted by Crippen LogP contribution is 2.35. The highest BCUT2D eigenvalue weighted by molar-refractivity contribution is 5.90. The molecular weight excluding hydrogens is 312 g/mol. The lowest BCUT2D eigenvalue weighted by atomic mass is 9.80. The lowest BCUT2D eigenvalue weighted by molar-refractivity contribution is -0.163. The molecule has 2 aliphatic heterocycles. The highest BCUT2D eigenvalue weighted by atomic mass is 16.6.